The molecule has 0 aliphatic carbocycles. The lowest BCUT2D eigenvalue weighted by atomic mass is 9.89. The first kappa shape index (κ1) is 10.9. The van der Waals surface area contributed by atoms with Gasteiger partial charge >= 0.3 is 11.9 Å². The Hall–Kier alpha value is -1.06. The maximum absolute atomic E-state index is 10.6. The Bertz CT molecular complexity index is 176. The van der Waals surface area contributed by atoms with Gasteiger partial charge in [0.05, 0.1) is 12.3 Å². The lowest BCUT2D eigenvalue weighted by Gasteiger charge is -2.15. The highest BCUT2D eigenvalue weighted by molar-refractivity contribution is 5.77. The van der Waals surface area contributed by atoms with Crippen LogP contribution in [-0.2, 0) is 9.59 Å². The van der Waals surface area contributed by atoms with Gasteiger partial charge in [0.2, 0.25) is 0 Å². The average Bonchev–Trinajstić information content (AvgIpc) is 1.98. The van der Waals surface area contributed by atoms with Gasteiger partial charge in [0.25, 0.3) is 0 Å². The van der Waals surface area contributed by atoms with Gasteiger partial charge in [-0.15, -0.1) is 0 Å². The van der Waals surface area contributed by atoms with Gasteiger partial charge in [-0.05, 0) is 5.92 Å². The summed E-state index contributed by atoms with van der Waals surface area (Å²) in [4.78, 5) is 20.8. The van der Waals surface area contributed by atoms with Gasteiger partial charge in [-0.1, -0.05) is 20.3 Å². The number of hydrogen-bond donors (Lipinski definition) is 2. The van der Waals surface area contributed by atoms with E-state index < -0.39 is 17.9 Å². The Morgan fingerprint density at radius 1 is 1.33 bits per heavy atom. The first-order valence-corrected chi connectivity index (χ1v) is 3.93. The van der Waals surface area contributed by atoms with Crippen molar-refractivity contribution < 1.29 is 19.8 Å². The molecule has 12 heavy (non-hydrogen) atoms. The van der Waals surface area contributed by atoms with Crippen molar-refractivity contribution >= 4 is 11.9 Å². The van der Waals surface area contributed by atoms with Crippen molar-refractivity contribution in [1.82, 2.24) is 0 Å². The number of carbonyl (C=O) groups is 2. The van der Waals surface area contributed by atoms with Crippen LogP contribution in [0.2, 0.25) is 0 Å². The predicted octanol–water partition coefficient (Wildman–Crippen LogP) is 1.21. The number of hydrogen-bond acceptors (Lipinski definition) is 2. The molecule has 0 radical (unpaired) electrons. The van der Waals surface area contributed by atoms with Crippen LogP contribution in [0.15, 0.2) is 0 Å². The zero-order valence-corrected chi connectivity index (χ0v) is 7.28. The highest BCUT2D eigenvalue weighted by Gasteiger charge is 2.25. The molecule has 4 nitrogen and oxygen atoms in total. The second-order valence-corrected chi connectivity index (χ2v) is 2.93. The Labute approximate surface area is 71.2 Å². The fourth-order valence-corrected chi connectivity index (χ4v) is 1.00. The number of carboxylic acids is 2. The molecule has 0 amide bonds. The van der Waals surface area contributed by atoms with Crippen molar-refractivity contribution in [2.24, 2.45) is 11.8 Å². The Kier molecular flexibility index (Phi) is 4.33. The normalized spacial score (nSPS) is 15.2. The number of carboxylic acid groups (broad SMARTS) is 2. The predicted molar refractivity (Wildman–Crippen MR) is 42.8 cm³/mol. The summed E-state index contributed by atoms with van der Waals surface area (Å²) < 4.78 is 0. The third-order valence-electron chi connectivity index (χ3n) is 2.04. The molecule has 2 unspecified atom stereocenters. The molecule has 0 spiro atoms. The molecule has 0 bridgehead atoms. The van der Waals surface area contributed by atoms with Gasteiger partial charge < -0.3 is 10.2 Å². The summed E-state index contributed by atoms with van der Waals surface area (Å²) >= 11 is 0. The Morgan fingerprint density at radius 2 is 1.83 bits per heavy atom. The molecule has 0 aliphatic heterocycles. The molecule has 0 fully saturated rings. The molecule has 2 atom stereocenters. The van der Waals surface area contributed by atoms with Crippen molar-refractivity contribution in [3.63, 3.8) is 0 Å². The van der Waals surface area contributed by atoms with E-state index in [0.29, 0.717) is 6.42 Å². The Balaban J connectivity index is 4.22. The molecule has 0 rings (SSSR count). The zero-order chi connectivity index (χ0) is 9.72. The minimum atomic E-state index is -1.05. The third-order valence-corrected chi connectivity index (χ3v) is 2.04. The topological polar surface area (TPSA) is 74.6 Å². The van der Waals surface area contributed by atoms with E-state index in [1.165, 1.54) is 0 Å². The molecule has 0 saturated heterocycles. The van der Waals surface area contributed by atoms with Crippen LogP contribution in [0, 0.1) is 11.8 Å². The van der Waals surface area contributed by atoms with Crippen LogP contribution in [0.4, 0.5) is 0 Å². The molecule has 0 aromatic heterocycles. The van der Waals surface area contributed by atoms with E-state index in [1.54, 1.807) is 6.92 Å². The lowest BCUT2D eigenvalue weighted by Crippen LogP contribution is -2.24. The summed E-state index contributed by atoms with van der Waals surface area (Å²) in [6.07, 6.45) is 0.397. The highest BCUT2D eigenvalue weighted by atomic mass is 16.4. The summed E-state index contributed by atoms with van der Waals surface area (Å²) in [5.41, 5.74) is 0. The van der Waals surface area contributed by atoms with E-state index in [2.05, 4.69) is 0 Å². The van der Waals surface area contributed by atoms with E-state index >= 15 is 0 Å². The van der Waals surface area contributed by atoms with Crippen LogP contribution >= 0.6 is 0 Å². The van der Waals surface area contributed by atoms with Gasteiger partial charge in [-0.3, -0.25) is 9.59 Å². The average molecular weight is 174 g/mol. The van der Waals surface area contributed by atoms with Crippen LogP contribution in [0.3, 0.4) is 0 Å². The van der Waals surface area contributed by atoms with Crippen molar-refractivity contribution in [3.05, 3.63) is 0 Å². The highest BCUT2D eigenvalue weighted by Crippen LogP contribution is 2.18. The van der Waals surface area contributed by atoms with Crippen LogP contribution in [-0.4, -0.2) is 22.2 Å². The van der Waals surface area contributed by atoms with E-state index in [1.807, 2.05) is 6.92 Å². The standard InChI is InChI=1S/C8H14O4/c1-3-5(2)6(8(11)12)4-7(9)10/h5-6H,3-4H2,1-2H3,(H,9,10)(H,11,12). The van der Waals surface area contributed by atoms with Gasteiger partial charge in [0.15, 0.2) is 0 Å². The molecule has 0 heterocycles. The van der Waals surface area contributed by atoms with Crippen LogP contribution in [0.5, 0.6) is 0 Å². The minimum absolute atomic E-state index is 0.0846. The van der Waals surface area contributed by atoms with E-state index in [-0.39, 0.29) is 12.3 Å². The lowest BCUT2D eigenvalue weighted by molar-refractivity contribution is -0.150. The minimum Gasteiger partial charge on any atom is -0.481 e. The fourth-order valence-electron chi connectivity index (χ4n) is 1.00. The van der Waals surface area contributed by atoms with Crippen molar-refractivity contribution in [2.75, 3.05) is 0 Å². The van der Waals surface area contributed by atoms with E-state index in [4.69, 9.17) is 10.2 Å². The molecular weight excluding hydrogens is 160 g/mol. The Morgan fingerprint density at radius 3 is 2.08 bits per heavy atom. The molecule has 0 aromatic carbocycles. The van der Waals surface area contributed by atoms with Gasteiger partial charge in [-0.25, -0.2) is 0 Å². The molecule has 0 saturated carbocycles. The van der Waals surface area contributed by atoms with E-state index in [9.17, 15) is 9.59 Å². The molecule has 2 N–H and O–H groups in total. The van der Waals surface area contributed by atoms with Gasteiger partial charge in [0.1, 0.15) is 0 Å². The monoisotopic (exact) mass is 174 g/mol. The largest absolute Gasteiger partial charge is 0.481 e. The molecule has 4 heteroatoms. The fraction of sp³-hybridized carbons (Fsp3) is 0.750. The first-order chi connectivity index (χ1) is 5.49. The van der Waals surface area contributed by atoms with E-state index in [0.717, 1.165) is 0 Å². The van der Waals surface area contributed by atoms with Crippen LogP contribution < -0.4 is 0 Å². The molecule has 0 aliphatic rings. The summed E-state index contributed by atoms with van der Waals surface area (Å²) in [7, 11) is 0. The summed E-state index contributed by atoms with van der Waals surface area (Å²) in [6.45, 7) is 3.60. The van der Waals surface area contributed by atoms with Crippen LogP contribution in [0.25, 0.3) is 0 Å². The quantitative estimate of drug-likeness (QED) is 0.656. The SMILES string of the molecule is CCC(C)C(CC(=O)O)C(=O)O. The number of aliphatic carboxylic acids is 2. The second-order valence-electron chi connectivity index (χ2n) is 2.93. The summed E-state index contributed by atoms with van der Waals surface area (Å²) in [5, 5.41) is 17.1. The van der Waals surface area contributed by atoms with Crippen LogP contribution in [0.1, 0.15) is 26.7 Å². The second kappa shape index (κ2) is 4.74. The first-order valence-electron chi connectivity index (χ1n) is 3.93. The van der Waals surface area contributed by atoms with Crippen molar-refractivity contribution in [3.8, 4) is 0 Å². The van der Waals surface area contributed by atoms with Crippen molar-refractivity contribution in [2.45, 2.75) is 26.7 Å². The summed E-state index contributed by atoms with van der Waals surface area (Å²) in [6, 6.07) is 0. The zero-order valence-electron chi connectivity index (χ0n) is 7.28. The van der Waals surface area contributed by atoms with Gasteiger partial charge in [-0.2, -0.15) is 0 Å². The number of rotatable bonds is 5. The summed E-state index contributed by atoms with van der Waals surface area (Å²) in [5.74, 6) is -2.92. The maximum Gasteiger partial charge on any atom is 0.307 e. The molecule has 0 aromatic rings. The third kappa shape index (κ3) is 3.37. The van der Waals surface area contributed by atoms with Gasteiger partial charge in [0, 0.05) is 0 Å². The molecule has 70 valence electrons. The smallest absolute Gasteiger partial charge is 0.307 e. The maximum atomic E-state index is 10.6. The molecular formula is C8H14O4. The van der Waals surface area contributed by atoms with Crippen molar-refractivity contribution in [1.29, 1.82) is 0 Å².